The largest absolute Gasteiger partial charge is 0.0622 e. The second-order valence-corrected chi connectivity index (χ2v) is 24.0. The first-order chi connectivity index (χ1) is 43.5. The summed E-state index contributed by atoms with van der Waals surface area (Å²) in [6, 6.07) is 122. The van der Waals surface area contributed by atoms with Crippen LogP contribution in [0.5, 0.6) is 0 Å². The number of fused-ring (bicyclic) bond motifs is 8. The quantitative estimate of drug-likeness (QED) is 0.135. The molecule has 0 heteroatoms. The molecule has 0 nitrogen and oxygen atoms in total. The van der Waals surface area contributed by atoms with Crippen molar-refractivity contribution in [2.75, 3.05) is 0 Å². The minimum atomic E-state index is 1.19. The summed E-state index contributed by atoms with van der Waals surface area (Å²) < 4.78 is 0. The maximum absolute atomic E-state index is 2.43. The van der Waals surface area contributed by atoms with Gasteiger partial charge in [0.2, 0.25) is 0 Å². The molecule has 2 aliphatic carbocycles. The van der Waals surface area contributed by atoms with Gasteiger partial charge in [-0.05, 0) is 267 Å². The molecule has 0 amide bonds. The van der Waals surface area contributed by atoms with Gasteiger partial charge >= 0.3 is 0 Å². The number of benzene rings is 16. The monoisotopic (exact) mass is 1110 g/mol. The fourth-order valence-corrected chi connectivity index (χ4v) is 14.5. The van der Waals surface area contributed by atoms with Crippen molar-refractivity contribution in [1.82, 2.24) is 0 Å². The van der Waals surface area contributed by atoms with Crippen LogP contribution in [-0.2, 0) is 0 Å². The molecule has 0 aromatic heterocycles. The van der Waals surface area contributed by atoms with Crippen LogP contribution in [0, 0.1) is 0 Å². The van der Waals surface area contributed by atoms with Crippen molar-refractivity contribution < 1.29 is 0 Å². The Labute approximate surface area is 512 Å². The first kappa shape index (κ1) is 49.9. The predicted octanol–water partition coefficient (Wildman–Crippen LogP) is 24.6. The Hall–Kier alpha value is -11.4. The van der Waals surface area contributed by atoms with E-state index in [4.69, 9.17) is 0 Å². The van der Waals surface area contributed by atoms with Crippen LogP contribution in [-0.4, -0.2) is 0 Å². The van der Waals surface area contributed by atoms with E-state index in [9.17, 15) is 0 Å². The molecule has 88 heavy (non-hydrogen) atoms. The predicted molar refractivity (Wildman–Crippen MR) is 374 cm³/mol. The van der Waals surface area contributed by atoms with Gasteiger partial charge in [-0.3, -0.25) is 0 Å². The molecule has 0 saturated carbocycles. The van der Waals surface area contributed by atoms with Gasteiger partial charge in [-0.15, -0.1) is 0 Å². The first-order valence-electron chi connectivity index (χ1n) is 30.6. The molecule has 0 saturated heterocycles. The molecule has 16 aromatic rings. The lowest BCUT2D eigenvalue weighted by Crippen LogP contribution is -1.89. The standard InChI is InChI=1S/C88H54/c1-3-14-55(15-4-1)57-30-32-58(33-31-57)59-18-9-19-60(42-59)62-34-35-64-45-69(40-37-63(64)43-62)77-49-72-23-12-29-83-87(72)85(54-77)82-28-13-26-78(88(82)83)70-21-10-20-61(47-70)74-50-73(56-16-5-2-6-17-56)51-75(52-74)67-39-36-66-46-68(41-38-65(66)44-67)76-48-71-22-11-27-81-79-24-7-8-25-80(79)84(53-76)86(71)81/h1-54H. The van der Waals surface area contributed by atoms with Crippen LogP contribution in [0.1, 0.15) is 0 Å². The van der Waals surface area contributed by atoms with Crippen LogP contribution in [0.3, 0.4) is 0 Å². The zero-order valence-electron chi connectivity index (χ0n) is 48.2. The summed E-state index contributed by atoms with van der Waals surface area (Å²) >= 11 is 0. The van der Waals surface area contributed by atoms with Crippen LogP contribution >= 0.6 is 0 Å². The Morgan fingerprint density at radius 3 is 0.966 bits per heavy atom. The van der Waals surface area contributed by atoms with E-state index in [1.165, 1.54) is 188 Å². The topological polar surface area (TPSA) is 0 Å². The molecule has 0 atom stereocenters. The van der Waals surface area contributed by atoms with E-state index in [1.54, 1.807) is 0 Å². The van der Waals surface area contributed by atoms with E-state index in [0.717, 1.165) is 0 Å². The van der Waals surface area contributed by atoms with E-state index in [0.29, 0.717) is 0 Å². The third-order valence-electron chi connectivity index (χ3n) is 18.8. The summed E-state index contributed by atoms with van der Waals surface area (Å²) in [5, 5.41) is 10.1. The Bertz CT molecular complexity index is 5530. The van der Waals surface area contributed by atoms with Gasteiger partial charge in [0.05, 0.1) is 0 Å². The second kappa shape index (κ2) is 20.1. The molecule has 0 radical (unpaired) electrons. The van der Waals surface area contributed by atoms with Crippen LogP contribution in [0.4, 0.5) is 0 Å². The summed E-state index contributed by atoms with van der Waals surface area (Å²) in [7, 11) is 0. The highest BCUT2D eigenvalue weighted by Crippen LogP contribution is 2.53. The molecule has 0 aliphatic heterocycles. The summed E-state index contributed by atoms with van der Waals surface area (Å²) in [4.78, 5) is 0. The van der Waals surface area contributed by atoms with E-state index in [1.807, 2.05) is 0 Å². The average Bonchev–Trinajstić information content (AvgIpc) is 1.64. The fourth-order valence-electron chi connectivity index (χ4n) is 14.5. The molecule has 406 valence electrons. The Kier molecular flexibility index (Phi) is 11.4. The van der Waals surface area contributed by atoms with Crippen LogP contribution in [0.2, 0.25) is 0 Å². The fraction of sp³-hybridized carbons (Fsp3) is 0. The van der Waals surface area contributed by atoms with Crippen molar-refractivity contribution in [3.8, 4) is 145 Å². The van der Waals surface area contributed by atoms with E-state index < -0.39 is 0 Å². The molecular formula is C88H54. The van der Waals surface area contributed by atoms with Gasteiger partial charge in [-0.1, -0.05) is 249 Å². The Morgan fingerprint density at radius 2 is 0.398 bits per heavy atom. The third kappa shape index (κ3) is 8.37. The zero-order valence-corrected chi connectivity index (χ0v) is 48.2. The molecule has 0 bridgehead atoms. The van der Waals surface area contributed by atoms with Crippen molar-refractivity contribution in [2.24, 2.45) is 0 Å². The van der Waals surface area contributed by atoms with Gasteiger partial charge in [-0.2, -0.15) is 0 Å². The number of hydrogen-bond donors (Lipinski definition) is 0. The molecular weight excluding hydrogens is 1060 g/mol. The van der Waals surface area contributed by atoms with Gasteiger partial charge in [-0.25, -0.2) is 0 Å². The minimum Gasteiger partial charge on any atom is -0.0622 e. The van der Waals surface area contributed by atoms with Crippen molar-refractivity contribution in [1.29, 1.82) is 0 Å². The minimum absolute atomic E-state index is 1.19. The zero-order chi connectivity index (χ0) is 57.8. The maximum Gasteiger partial charge on any atom is -0.00201 e. The molecule has 16 aromatic carbocycles. The highest BCUT2D eigenvalue weighted by atomic mass is 14.3. The molecule has 0 N–H and O–H groups in total. The molecule has 18 rings (SSSR count). The lowest BCUT2D eigenvalue weighted by molar-refractivity contribution is 1.56. The smallest absolute Gasteiger partial charge is 0.00201 e. The van der Waals surface area contributed by atoms with Gasteiger partial charge in [0.25, 0.3) is 0 Å². The number of rotatable bonds is 9. The molecule has 2 aliphatic rings. The summed E-state index contributed by atoms with van der Waals surface area (Å²) in [5.74, 6) is 0. The van der Waals surface area contributed by atoms with Gasteiger partial charge in [0, 0.05) is 0 Å². The van der Waals surface area contributed by atoms with Crippen molar-refractivity contribution >= 4 is 43.1 Å². The van der Waals surface area contributed by atoms with E-state index in [2.05, 4.69) is 328 Å². The normalized spacial score (nSPS) is 11.9. The highest BCUT2D eigenvalue weighted by Gasteiger charge is 2.26. The van der Waals surface area contributed by atoms with Crippen LogP contribution < -0.4 is 0 Å². The van der Waals surface area contributed by atoms with Crippen molar-refractivity contribution in [2.45, 2.75) is 0 Å². The number of hydrogen-bond acceptors (Lipinski definition) is 0. The molecule has 0 fully saturated rings. The Morgan fingerprint density at radius 1 is 0.114 bits per heavy atom. The first-order valence-corrected chi connectivity index (χ1v) is 30.6. The molecule has 0 heterocycles. The average molecular weight is 1110 g/mol. The van der Waals surface area contributed by atoms with Crippen LogP contribution in [0.15, 0.2) is 328 Å². The molecule has 0 unspecified atom stereocenters. The summed E-state index contributed by atoms with van der Waals surface area (Å²) in [6.45, 7) is 0. The molecule has 0 spiro atoms. The maximum atomic E-state index is 2.43. The van der Waals surface area contributed by atoms with Crippen LogP contribution in [0.25, 0.3) is 188 Å². The van der Waals surface area contributed by atoms with E-state index in [-0.39, 0.29) is 0 Å². The van der Waals surface area contributed by atoms with Crippen molar-refractivity contribution in [3.05, 3.63) is 328 Å². The van der Waals surface area contributed by atoms with Gasteiger partial charge < -0.3 is 0 Å². The van der Waals surface area contributed by atoms with Gasteiger partial charge in [0.15, 0.2) is 0 Å². The lowest BCUT2D eigenvalue weighted by Gasteiger charge is -2.15. The summed E-state index contributed by atoms with van der Waals surface area (Å²) in [6.07, 6.45) is 0. The van der Waals surface area contributed by atoms with E-state index >= 15 is 0 Å². The second-order valence-electron chi connectivity index (χ2n) is 24.0. The highest BCUT2D eigenvalue weighted by molar-refractivity contribution is 6.20. The SMILES string of the molecule is c1ccc(-c2ccc(-c3cccc(-c4ccc5cc(-c6cc7c8c(cccc8c6)-c6c(-c8cccc(-c9cc(-c%10ccccc%10)cc(-c%10ccc%11cc(-c%12cc%13c%14c(cccc%14c%12)-c%12ccccc%12-%13)ccc%11c%10)c9)c8)cccc6-7)ccc5c4)c3)cc2)cc1. The summed E-state index contributed by atoms with van der Waals surface area (Å²) in [5.41, 5.74) is 32.3. The van der Waals surface area contributed by atoms with Crippen molar-refractivity contribution in [3.63, 3.8) is 0 Å². The third-order valence-corrected chi connectivity index (χ3v) is 18.8. The Balaban J connectivity index is 0.659. The lowest BCUT2D eigenvalue weighted by atomic mass is 9.89. The van der Waals surface area contributed by atoms with Gasteiger partial charge in [0.1, 0.15) is 0 Å².